The van der Waals surface area contributed by atoms with E-state index < -0.39 is 47.9 Å². The third kappa shape index (κ3) is 6.54. The van der Waals surface area contributed by atoms with Gasteiger partial charge >= 0.3 is 6.09 Å². The number of alkyl halides is 2. The number of nitrogens with zero attached hydrogens (tertiary/aromatic N) is 1. The van der Waals surface area contributed by atoms with Crippen LogP contribution < -0.4 is 15.4 Å². The zero-order valence-corrected chi connectivity index (χ0v) is 23.4. The molecule has 216 valence electrons. The van der Waals surface area contributed by atoms with Gasteiger partial charge in [-0.15, -0.1) is 0 Å². The van der Waals surface area contributed by atoms with E-state index in [4.69, 9.17) is 9.47 Å². The molecule has 1 saturated heterocycles. The molecule has 2 aromatic carbocycles. The van der Waals surface area contributed by atoms with E-state index in [1.165, 1.54) is 18.0 Å². The van der Waals surface area contributed by atoms with E-state index in [0.717, 1.165) is 5.56 Å². The van der Waals surface area contributed by atoms with Crippen molar-refractivity contribution in [3.05, 3.63) is 64.7 Å². The number of amides is 3. The van der Waals surface area contributed by atoms with Gasteiger partial charge in [0.25, 0.3) is 11.8 Å². The number of piperidine rings is 1. The molecule has 3 amide bonds. The average Bonchev–Trinajstić information content (AvgIpc) is 3.30. The number of rotatable bonds is 7. The van der Waals surface area contributed by atoms with Crippen molar-refractivity contribution in [2.45, 2.75) is 63.3 Å². The van der Waals surface area contributed by atoms with E-state index in [-0.39, 0.29) is 42.8 Å². The number of benzene rings is 2. The summed E-state index contributed by atoms with van der Waals surface area (Å²) in [6, 6.07) is 12.2. The van der Waals surface area contributed by atoms with Crippen LogP contribution in [-0.2, 0) is 4.74 Å². The molecule has 1 unspecified atom stereocenters. The molecule has 0 aromatic heterocycles. The maximum atomic E-state index is 15.7. The first-order valence-electron chi connectivity index (χ1n) is 13.6. The molecule has 2 aromatic rings. The summed E-state index contributed by atoms with van der Waals surface area (Å²) in [5, 5.41) is 5.30. The van der Waals surface area contributed by atoms with Crippen molar-refractivity contribution in [1.82, 2.24) is 15.5 Å². The Bertz CT molecular complexity index is 1250. The lowest BCUT2D eigenvalue weighted by Crippen LogP contribution is -2.50. The van der Waals surface area contributed by atoms with Crippen LogP contribution in [0.1, 0.15) is 77.8 Å². The first-order chi connectivity index (χ1) is 18.9. The molecule has 0 aliphatic carbocycles. The zero-order valence-electron chi connectivity index (χ0n) is 23.4. The van der Waals surface area contributed by atoms with Gasteiger partial charge < -0.3 is 25.0 Å². The maximum Gasteiger partial charge on any atom is 0.410 e. The van der Waals surface area contributed by atoms with Gasteiger partial charge in [-0.25, -0.2) is 13.6 Å². The van der Waals surface area contributed by atoms with Gasteiger partial charge in [0.05, 0.1) is 18.0 Å². The number of hydrogen-bond acceptors (Lipinski definition) is 5. The van der Waals surface area contributed by atoms with Crippen LogP contribution in [0, 0.1) is 0 Å². The van der Waals surface area contributed by atoms with Crippen molar-refractivity contribution >= 4 is 17.9 Å². The molecule has 2 N–H and O–H groups in total. The van der Waals surface area contributed by atoms with Gasteiger partial charge in [-0.2, -0.15) is 0 Å². The van der Waals surface area contributed by atoms with Gasteiger partial charge in [-0.3, -0.25) is 9.59 Å². The van der Waals surface area contributed by atoms with Gasteiger partial charge in [0.1, 0.15) is 29.8 Å². The van der Waals surface area contributed by atoms with Crippen molar-refractivity contribution in [1.29, 1.82) is 0 Å². The number of carbonyl (C=O) groups is 3. The summed E-state index contributed by atoms with van der Waals surface area (Å²) in [4.78, 5) is 39.7. The van der Waals surface area contributed by atoms with Crippen molar-refractivity contribution in [2.24, 2.45) is 0 Å². The van der Waals surface area contributed by atoms with E-state index in [9.17, 15) is 18.8 Å². The molecule has 4 rings (SSSR count). The molecule has 0 bridgehead atoms. The lowest BCUT2D eigenvalue weighted by molar-refractivity contribution is -0.00740. The predicted molar refractivity (Wildman–Crippen MR) is 146 cm³/mol. The van der Waals surface area contributed by atoms with Crippen LogP contribution in [-0.4, -0.2) is 73.5 Å². The number of likely N-dealkylation sites (tertiary alicyclic amines) is 1. The lowest BCUT2D eigenvalue weighted by Gasteiger charge is -2.38. The predicted octanol–water partition coefficient (Wildman–Crippen LogP) is 4.77. The van der Waals surface area contributed by atoms with Crippen LogP contribution in [0.3, 0.4) is 0 Å². The second-order valence-electron chi connectivity index (χ2n) is 11.4. The summed E-state index contributed by atoms with van der Waals surface area (Å²) >= 11 is 0. The number of hydrogen-bond donors (Lipinski definition) is 2. The van der Waals surface area contributed by atoms with E-state index in [1.807, 2.05) is 30.3 Å². The Labute approximate surface area is 233 Å². The third-order valence-corrected chi connectivity index (χ3v) is 7.18. The van der Waals surface area contributed by atoms with Gasteiger partial charge in [0.15, 0.2) is 0 Å². The SMILES string of the molecule is CNC(=O)c1cc(C(=O)NCCC2(F)CCCN(C(=O)OC(C)(C)C)C2)cc2c1O[C@H](CF)[C@H]2c1ccccc1. The minimum absolute atomic E-state index is 0.00492. The second-order valence-corrected chi connectivity index (χ2v) is 11.4. The van der Waals surface area contributed by atoms with Gasteiger partial charge in [0, 0.05) is 37.7 Å². The number of ether oxygens (including phenoxy) is 2. The van der Waals surface area contributed by atoms with Gasteiger partial charge in [-0.05, 0) is 51.3 Å². The summed E-state index contributed by atoms with van der Waals surface area (Å²) in [5.74, 6) is -1.22. The minimum Gasteiger partial charge on any atom is -0.486 e. The normalized spacial score (nSPS) is 22.2. The molecule has 0 spiro atoms. The van der Waals surface area contributed by atoms with Crippen LogP contribution in [0.4, 0.5) is 13.6 Å². The number of carbonyl (C=O) groups excluding carboxylic acids is 3. The molecule has 8 nitrogen and oxygen atoms in total. The van der Waals surface area contributed by atoms with E-state index >= 15 is 4.39 Å². The Balaban J connectivity index is 1.50. The van der Waals surface area contributed by atoms with Crippen LogP contribution >= 0.6 is 0 Å². The molecule has 10 heteroatoms. The Morgan fingerprint density at radius 3 is 2.52 bits per heavy atom. The topological polar surface area (TPSA) is 97.0 Å². The number of fused-ring (bicyclic) bond motifs is 1. The second kappa shape index (κ2) is 11.8. The number of nitrogens with one attached hydrogen (secondary N) is 2. The summed E-state index contributed by atoms with van der Waals surface area (Å²) < 4.78 is 41.0. The molecular weight excluding hydrogens is 520 g/mol. The highest BCUT2D eigenvalue weighted by atomic mass is 19.1. The van der Waals surface area contributed by atoms with Crippen molar-refractivity contribution in [3.8, 4) is 5.75 Å². The van der Waals surface area contributed by atoms with E-state index in [2.05, 4.69) is 10.6 Å². The zero-order chi connectivity index (χ0) is 29.1. The fraction of sp³-hybridized carbons (Fsp3) is 0.500. The molecule has 0 saturated carbocycles. The molecular formula is C30H37F2N3O5. The quantitative estimate of drug-likeness (QED) is 0.512. The van der Waals surface area contributed by atoms with E-state index in [0.29, 0.717) is 18.5 Å². The maximum absolute atomic E-state index is 15.7. The highest BCUT2D eigenvalue weighted by molar-refractivity contribution is 6.02. The Kier molecular flexibility index (Phi) is 8.65. The highest BCUT2D eigenvalue weighted by Gasteiger charge is 2.40. The van der Waals surface area contributed by atoms with Crippen LogP contribution in [0.15, 0.2) is 42.5 Å². The summed E-state index contributed by atoms with van der Waals surface area (Å²) in [6.07, 6.45) is -0.640. The summed E-state index contributed by atoms with van der Waals surface area (Å²) in [7, 11) is 1.46. The average molecular weight is 558 g/mol. The first kappa shape index (κ1) is 29.3. The molecule has 40 heavy (non-hydrogen) atoms. The van der Waals surface area contributed by atoms with Gasteiger partial charge in [0.2, 0.25) is 0 Å². The van der Waals surface area contributed by atoms with Crippen molar-refractivity contribution < 1.29 is 32.6 Å². The van der Waals surface area contributed by atoms with Gasteiger partial charge in [-0.1, -0.05) is 30.3 Å². The Hall–Kier alpha value is -3.69. The van der Waals surface area contributed by atoms with Crippen molar-refractivity contribution in [3.63, 3.8) is 0 Å². The fourth-order valence-corrected chi connectivity index (χ4v) is 5.32. The summed E-state index contributed by atoms with van der Waals surface area (Å²) in [6.45, 7) is 4.82. The molecule has 2 aliphatic rings. The number of halogens is 2. The monoisotopic (exact) mass is 557 g/mol. The smallest absolute Gasteiger partial charge is 0.410 e. The Morgan fingerprint density at radius 2 is 1.88 bits per heavy atom. The van der Waals surface area contributed by atoms with Crippen LogP contribution in [0.2, 0.25) is 0 Å². The highest BCUT2D eigenvalue weighted by Crippen LogP contribution is 2.45. The standard InChI is InChI=1S/C30H37F2N3O5/c1-29(2,3)40-28(38)35-14-8-11-30(32,18-35)12-13-34-26(36)20-15-21-24(19-9-6-5-7-10-19)23(17-31)39-25(21)22(16-20)27(37)33-4/h5-7,9-10,15-16,23-24H,8,11-14,17-18H2,1-4H3,(H,33,37)(H,34,36)/t23-,24+,30?/m1/s1. The molecule has 2 aliphatic heterocycles. The van der Waals surface area contributed by atoms with Crippen LogP contribution in [0.25, 0.3) is 0 Å². The third-order valence-electron chi connectivity index (χ3n) is 7.18. The minimum atomic E-state index is -1.67. The van der Waals surface area contributed by atoms with Crippen LogP contribution in [0.5, 0.6) is 5.75 Å². The summed E-state index contributed by atoms with van der Waals surface area (Å²) in [5.41, 5.74) is -0.691. The molecule has 3 atom stereocenters. The molecule has 2 heterocycles. The molecule has 0 radical (unpaired) electrons. The van der Waals surface area contributed by atoms with E-state index in [1.54, 1.807) is 26.8 Å². The molecule has 1 fully saturated rings. The Morgan fingerprint density at radius 1 is 1.15 bits per heavy atom. The first-order valence-corrected chi connectivity index (χ1v) is 13.6. The largest absolute Gasteiger partial charge is 0.486 e. The fourth-order valence-electron chi connectivity index (χ4n) is 5.32. The lowest BCUT2D eigenvalue weighted by atomic mass is 9.86. The van der Waals surface area contributed by atoms with Crippen molar-refractivity contribution in [2.75, 3.05) is 33.4 Å².